The Hall–Kier alpha value is -3.59. The summed E-state index contributed by atoms with van der Waals surface area (Å²) >= 11 is 0. The first-order chi connectivity index (χ1) is 12.7. The number of carbonyl (C=O) groups is 1. The standard InChI is InChI=1S/C20H14N2O4/c1-24-17-8-4-5-12-9-13(11-25-19(12)17)18(23)14(10-21)20-22-15-6-2-3-7-16(15)26-20/h2-9,14H,11H2,1H3/t14-/m0/s1. The minimum Gasteiger partial charge on any atom is -0.493 e. The molecule has 1 aliphatic rings. The molecule has 128 valence electrons. The van der Waals surface area contributed by atoms with Crippen LogP contribution in [0.15, 0.2) is 52.5 Å². The summed E-state index contributed by atoms with van der Waals surface area (Å²) in [6.07, 6.45) is 1.72. The van der Waals surface area contributed by atoms with E-state index in [4.69, 9.17) is 13.9 Å². The summed E-state index contributed by atoms with van der Waals surface area (Å²) in [7, 11) is 1.56. The monoisotopic (exact) mass is 346 g/mol. The molecule has 0 unspecified atom stereocenters. The average molecular weight is 346 g/mol. The van der Waals surface area contributed by atoms with Crippen LogP contribution in [0, 0.1) is 11.3 Å². The van der Waals surface area contributed by atoms with Crippen LogP contribution in [0.3, 0.4) is 0 Å². The number of nitriles is 1. The highest BCUT2D eigenvalue weighted by Gasteiger charge is 2.30. The summed E-state index contributed by atoms with van der Waals surface area (Å²) in [6.45, 7) is 0.0601. The molecule has 1 aromatic heterocycles. The van der Waals surface area contributed by atoms with Crippen LogP contribution >= 0.6 is 0 Å². The highest BCUT2D eigenvalue weighted by atomic mass is 16.5. The molecule has 4 rings (SSSR count). The Bertz CT molecular complexity index is 1040. The highest BCUT2D eigenvalue weighted by Crippen LogP contribution is 2.36. The largest absolute Gasteiger partial charge is 0.493 e. The number of Topliss-reactive ketones (excluding diaryl/α,β-unsaturated/α-hetero) is 1. The van der Waals surface area contributed by atoms with Crippen LogP contribution in [0.4, 0.5) is 0 Å². The Kier molecular flexibility index (Phi) is 3.90. The minimum absolute atomic E-state index is 0.0601. The zero-order valence-electron chi connectivity index (χ0n) is 13.9. The van der Waals surface area contributed by atoms with Gasteiger partial charge in [0.25, 0.3) is 0 Å². The lowest BCUT2D eigenvalue weighted by Gasteiger charge is -2.20. The lowest BCUT2D eigenvalue weighted by atomic mass is 9.95. The SMILES string of the molecule is COc1cccc2c1OCC(C(=O)[C@H](C#N)c1nc3ccccc3o1)=C2. The van der Waals surface area contributed by atoms with E-state index in [0.29, 0.717) is 28.2 Å². The third kappa shape index (κ3) is 2.60. The van der Waals surface area contributed by atoms with Crippen molar-refractivity contribution in [2.24, 2.45) is 0 Å². The third-order valence-corrected chi connectivity index (χ3v) is 4.20. The molecule has 2 heterocycles. The molecule has 1 aliphatic heterocycles. The van der Waals surface area contributed by atoms with Crippen LogP contribution in [-0.2, 0) is 4.79 Å². The van der Waals surface area contributed by atoms with Crippen molar-refractivity contribution in [1.82, 2.24) is 4.98 Å². The number of hydrogen-bond donors (Lipinski definition) is 0. The smallest absolute Gasteiger partial charge is 0.220 e. The van der Waals surface area contributed by atoms with Gasteiger partial charge in [0.05, 0.1) is 13.2 Å². The van der Waals surface area contributed by atoms with Crippen LogP contribution in [0.2, 0.25) is 0 Å². The van der Waals surface area contributed by atoms with E-state index in [1.54, 1.807) is 31.4 Å². The number of oxazole rings is 1. The van der Waals surface area contributed by atoms with Crippen LogP contribution < -0.4 is 9.47 Å². The maximum atomic E-state index is 12.9. The van der Waals surface area contributed by atoms with Crippen molar-refractivity contribution in [3.8, 4) is 17.6 Å². The fourth-order valence-electron chi connectivity index (χ4n) is 2.91. The second-order valence-electron chi connectivity index (χ2n) is 5.78. The fourth-order valence-corrected chi connectivity index (χ4v) is 2.91. The number of rotatable bonds is 4. The molecule has 1 atom stereocenters. The van der Waals surface area contributed by atoms with Crippen molar-refractivity contribution in [3.05, 3.63) is 59.5 Å². The summed E-state index contributed by atoms with van der Waals surface area (Å²) in [5.41, 5.74) is 2.27. The van der Waals surface area contributed by atoms with E-state index < -0.39 is 5.92 Å². The molecule has 0 fully saturated rings. The van der Waals surface area contributed by atoms with Gasteiger partial charge in [0.2, 0.25) is 5.89 Å². The number of hydrogen-bond acceptors (Lipinski definition) is 6. The van der Waals surface area contributed by atoms with Crippen LogP contribution in [0.25, 0.3) is 17.2 Å². The molecule has 0 aliphatic carbocycles. The second-order valence-corrected chi connectivity index (χ2v) is 5.78. The molecular weight excluding hydrogens is 332 g/mol. The molecule has 0 bridgehead atoms. The molecule has 0 amide bonds. The average Bonchev–Trinajstić information content (AvgIpc) is 3.11. The number of nitrogens with zero attached hydrogens (tertiary/aromatic N) is 2. The topological polar surface area (TPSA) is 85.4 Å². The molecule has 0 saturated carbocycles. The van der Waals surface area contributed by atoms with Gasteiger partial charge in [-0.05, 0) is 24.3 Å². The lowest BCUT2D eigenvalue weighted by molar-refractivity contribution is -0.116. The van der Waals surface area contributed by atoms with Crippen LogP contribution in [-0.4, -0.2) is 24.5 Å². The number of benzene rings is 2. The molecule has 2 aromatic carbocycles. The molecule has 6 heteroatoms. The van der Waals surface area contributed by atoms with E-state index >= 15 is 0 Å². The maximum Gasteiger partial charge on any atom is 0.220 e. The summed E-state index contributed by atoms with van der Waals surface area (Å²) in [4.78, 5) is 17.1. The fraction of sp³-hybridized carbons (Fsp3) is 0.150. The molecule has 0 spiro atoms. The Labute approximate surface area is 149 Å². The summed E-state index contributed by atoms with van der Waals surface area (Å²) < 4.78 is 16.6. The normalized spacial score (nSPS) is 13.9. The van der Waals surface area contributed by atoms with Gasteiger partial charge in [-0.2, -0.15) is 5.26 Å². The molecule has 0 saturated heterocycles. The van der Waals surface area contributed by atoms with Crippen molar-refractivity contribution in [2.75, 3.05) is 13.7 Å². The van der Waals surface area contributed by atoms with Gasteiger partial charge >= 0.3 is 0 Å². The highest BCUT2D eigenvalue weighted by molar-refractivity contribution is 6.06. The molecule has 3 aromatic rings. The van der Waals surface area contributed by atoms with Gasteiger partial charge in [-0.25, -0.2) is 4.98 Å². The summed E-state index contributed by atoms with van der Waals surface area (Å²) in [6, 6.07) is 14.6. The molecular formula is C20H14N2O4. The van der Waals surface area contributed by atoms with Gasteiger partial charge in [-0.1, -0.05) is 24.3 Å². The number of ether oxygens (including phenoxy) is 2. The van der Waals surface area contributed by atoms with E-state index in [1.807, 2.05) is 30.3 Å². The van der Waals surface area contributed by atoms with Crippen molar-refractivity contribution in [3.63, 3.8) is 0 Å². The number of fused-ring (bicyclic) bond motifs is 2. The Morgan fingerprint density at radius 3 is 2.88 bits per heavy atom. The van der Waals surface area contributed by atoms with E-state index in [1.165, 1.54) is 0 Å². The van der Waals surface area contributed by atoms with E-state index in [9.17, 15) is 10.1 Å². The molecule has 26 heavy (non-hydrogen) atoms. The molecule has 0 radical (unpaired) electrons. The minimum atomic E-state index is -1.12. The van der Waals surface area contributed by atoms with Gasteiger partial charge in [0.15, 0.2) is 28.8 Å². The Balaban J connectivity index is 1.69. The number of methoxy groups -OCH3 is 1. The van der Waals surface area contributed by atoms with Gasteiger partial charge in [-0.3, -0.25) is 4.79 Å². The first-order valence-electron chi connectivity index (χ1n) is 8.01. The van der Waals surface area contributed by atoms with Crippen LogP contribution in [0.1, 0.15) is 17.4 Å². The first kappa shape index (κ1) is 15.9. The summed E-state index contributed by atoms with van der Waals surface area (Å²) in [5, 5.41) is 9.52. The number of para-hydroxylation sites is 3. The number of ketones is 1. The van der Waals surface area contributed by atoms with E-state index in [0.717, 1.165) is 5.56 Å². The quantitative estimate of drug-likeness (QED) is 0.719. The first-order valence-corrected chi connectivity index (χ1v) is 8.01. The van der Waals surface area contributed by atoms with Crippen molar-refractivity contribution >= 4 is 23.0 Å². The molecule has 0 N–H and O–H groups in total. The zero-order chi connectivity index (χ0) is 18.1. The zero-order valence-corrected chi connectivity index (χ0v) is 13.9. The van der Waals surface area contributed by atoms with Crippen molar-refractivity contribution < 1.29 is 18.7 Å². The van der Waals surface area contributed by atoms with Crippen LogP contribution in [0.5, 0.6) is 11.5 Å². The van der Waals surface area contributed by atoms with Crippen molar-refractivity contribution in [1.29, 1.82) is 5.26 Å². The molecule has 6 nitrogen and oxygen atoms in total. The van der Waals surface area contributed by atoms with Gasteiger partial charge < -0.3 is 13.9 Å². The predicted molar refractivity (Wildman–Crippen MR) is 93.8 cm³/mol. The summed E-state index contributed by atoms with van der Waals surface area (Å²) in [5.74, 6) is -0.226. The number of carbonyl (C=O) groups excluding carboxylic acids is 1. The van der Waals surface area contributed by atoms with E-state index in [-0.39, 0.29) is 18.3 Å². The Morgan fingerprint density at radius 2 is 2.12 bits per heavy atom. The number of aromatic nitrogens is 1. The third-order valence-electron chi connectivity index (χ3n) is 4.20. The van der Waals surface area contributed by atoms with Gasteiger partial charge in [0.1, 0.15) is 12.1 Å². The Morgan fingerprint density at radius 1 is 1.27 bits per heavy atom. The second kappa shape index (κ2) is 6.37. The van der Waals surface area contributed by atoms with E-state index in [2.05, 4.69) is 4.98 Å². The lowest BCUT2D eigenvalue weighted by Crippen LogP contribution is -2.20. The van der Waals surface area contributed by atoms with Gasteiger partial charge in [0, 0.05) is 11.1 Å². The predicted octanol–water partition coefficient (Wildman–Crippen LogP) is 3.49. The van der Waals surface area contributed by atoms with Crippen molar-refractivity contribution in [2.45, 2.75) is 5.92 Å². The maximum absolute atomic E-state index is 12.9. The van der Waals surface area contributed by atoms with Gasteiger partial charge in [-0.15, -0.1) is 0 Å².